The Morgan fingerprint density at radius 3 is 2.00 bits per heavy atom. The van der Waals surface area contributed by atoms with Crippen LogP contribution in [0.15, 0.2) is 0 Å². The summed E-state index contributed by atoms with van der Waals surface area (Å²) < 4.78 is 0. The minimum Gasteiger partial charge on any atom is -0.432 e. The summed E-state index contributed by atoms with van der Waals surface area (Å²) in [7, 11) is -1.59. The molecule has 48 valence electrons. The highest BCUT2D eigenvalue weighted by Gasteiger charge is 2.26. The van der Waals surface area contributed by atoms with Gasteiger partial charge in [0.1, 0.15) is 0 Å². The van der Waals surface area contributed by atoms with Gasteiger partial charge in [0.25, 0.3) is 0 Å². The molecule has 1 heterocycles. The van der Waals surface area contributed by atoms with Crippen LogP contribution in [-0.4, -0.2) is 13.1 Å². The summed E-state index contributed by atoms with van der Waals surface area (Å²) in [5.41, 5.74) is 0. The molecule has 0 bridgehead atoms. The van der Waals surface area contributed by atoms with Crippen molar-refractivity contribution < 1.29 is 6.22 Å². The van der Waals surface area contributed by atoms with Gasteiger partial charge in [-0.2, -0.15) is 0 Å². The minimum absolute atomic E-state index is 0. The molecule has 1 aliphatic heterocycles. The second kappa shape index (κ2) is 2.19. The van der Waals surface area contributed by atoms with Crippen LogP contribution in [0.1, 0.15) is 20.7 Å². The molecule has 0 aromatic rings. The summed E-state index contributed by atoms with van der Waals surface area (Å²) in [6.07, 6.45) is 3.90. The molecule has 0 saturated carbocycles. The van der Waals surface area contributed by atoms with Crippen LogP contribution in [0, 0.1) is 0 Å². The molecule has 0 atom stereocenters. The first-order valence-electron chi connectivity index (χ1n) is 3.43. The molecule has 1 nitrogen and oxygen atoms in total. The van der Waals surface area contributed by atoms with Crippen LogP contribution in [-0.2, 0) is 0 Å². The van der Waals surface area contributed by atoms with Gasteiger partial charge in [-0.3, -0.25) is 0 Å². The molecule has 0 aliphatic carbocycles. The standard InChI is InChI=1S/C6H14OSi/c1-8(7)5-3-2-4-6-8/h7H,2-6H2,1H3/p+1. The van der Waals surface area contributed by atoms with Crippen molar-refractivity contribution in [2.24, 2.45) is 0 Å². The second-order valence-electron chi connectivity index (χ2n) is 3.06. The number of hydrogen-bond donors (Lipinski definition) is 1. The zero-order chi connectivity index (χ0) is 6.04. The van der Waals surface area contributed by atoms with Gasteiger partial charge < -0.3 is 4.80 Å². The lowest BCUT2D eigenvalue weighted by atomic mass is 10.3. The van der Waals surface area contributed by atoms with Crippen LogP contribution in [0.25, 0.3) is 0 Å². The highest BCUT2D eigenvalue weighted by molar-refractivity contribution is 6.71. The molecule has 1 rings (SSSR count). The summed E-state index contributed by atoms with van der Waals surface area (Å²) in [4.78, 5) is 9.51. The SMILES string of the molecule is C[Si]1(O)CCCCC1.[H+]. The Bertz CT molecular complexity index is 77.1. The zero-order valence-corrected chi connectivity index (χ0v) is 6.48. The van der Waals surface area contributed by atoms with E-state index in [0.717, 1.165) is 12.1 Å². The van der Waals surface area contributed by atoms with Gasteiger partial charge in [0.2, 0.25) is 0 Å². The molecular formula is C6H15OSi+. The quantitative estimate of drug-likeness (QED) is 0.497. The van der Waals surface area contributed by atoms with E-state index < -0.39 is 8.32 Å². The molecule has 0 amide bonds. The lowest BCUT2D eigenvalue weighted by molar-refractivity contribution is 0.504. The molecule has 0 radical (unpaired) electrons. The maximum absolute atomic E-state index is 9.51. The van der Waals surface area contributed by atoms with Crippen LogP contribution in [0.4, 0.5) is 0 Å². The fourth-order valence-corrected chi connectivity index (χ4v) is 3.59. The van der Waals surface area contributed by atoms with Gasteiger partial charge in [-0.1, -0.05) is 19.3 Å². The molecule has 0 unspecified atom stereocenters. The average molecular weight is 131 g/mol. The highest BCUT2D eigenvalue weighted by Crippen LogP contribution is 2.25. The van der Waals surface area contributed by atoms with Crippen molar-refractivity contribution in [2.45, 2.75) is 37.9 Å². The van der Waals surface area contributed by atoms with Gasteiger partial charge in [-0.25, -0.2) is 0 Å². The molecule has 8 heavy (non-hydrogen) atoms. The lowest BCUT2D eigenvalue weighted by Gasteiger charge is -2.24. The normalized spacial score (nSPS) is 27.8. The first-order chi connectivity index (χ1) is 3.71. The predicted octanol–water partition coefficient (Wildman–Crippen LogP) is 1.85. The van der Waals surface area contributed by atoms with E-state index in [4.69, 9.17) is 0 Å². The molecule has 1 N–H and O–H groups in total. The van der Waals surface area contributed by atoms with Crippen LogP contribution in [0.3, 0.4) is 0 Å². The van der Waals surface area contributed by atoms with E-state index in [1.807, 2.05) is 0 Å². The first-order valence-corrected chi connectivity index (χ1v) is 6.29. The molecule has 1 saturated heterocycles. The summed E-state index contributed by atoms with van der Waals surface area (Å²) >= 11 is 0. The van der Waals surface area contributed by atoms with E-state index in [1.54, 1.807) is 0 Å². The zero-order valence-electron chi connectivity index (χ0n) is 6.48. The first kappa shape index (κ1) is 6.30. The predicted molar refractivity (Wildman–Crippen MR) is 38.4 cm³/mol. The van der Waals surface area contributed by atoms with Crippen molar-refractivity contribution in [3.05, 3.63) is 0 Å². The molecule has 0 aromatic carbocycles. The molecular weight excluding hydrogens is 116 g/mol. The van der Waals surface area contributed by atoms with Gasteiger partial charge >= 0.3 is 1.43 Å². The Kier molecular flexibility index (Phi) is 1.73. The summed E-state index contributed by atoms with van der Waals surface area (Å²) in [6.45, 7) is 2.08. The van der Waals surface area contributed by atoms with Crippen molar-refractivity contribution >= 4 is 8.32 Å². The third-order valence-electron chi connectivity index (χ3n) is 1.93. The molecule has 2 heteroatoms. The van der Waals surface area contributed by atoms with E-state index in [1.165, 1.54) is 19.3 Å². The number of rotatable bonds is 0. The summed E-state index contributed by atoms with van der Waals surface area (Å²) in [5.74, 6) is 0. The van der Waals surface area contributed by atoms with Gasteiger partial charge in [-0.15, -0.1) is 0 Å². The molecule has 1 fully saturated rings. The summed E-state index contributed by atoms with van der Waals surface area (Å²) in [6, 6.07) is 2.29. The van der Waals surface area contributed by atoms with Crippen LogP contribution in [0.5, 0.6) is 0 Å². The largest absolute Gasteiger partial charge is 1.00 e. The number of hydrogen-bond acceptors (Lipinski definition) is 1. The Balaban J connectivity index is 0.000000640. The van der Waals surface area contributed by atoms with Crippen molar-refractivity contribution in [2.75, 3.05) is 0 Å². The van der Waals surface area contributed by atoms with E-state index in [9.17, 15) is 4.80 Å². The van der Waals surface area contributed by atoms with Crippen molar-refractivity contribution in [1.82, 2.24) is 0 Å². The van der Waals surface area contributed by atoms with Crippen molar-refractivity contribution in [3.8, 4) is 0 Å². The maximum atomic E-state index is 9.51. The van der Waals surface area contributed by atoms with E-state index in [-0.39, 0.29) is 1.43 Å². The Morgan fingerprint density at radius 2 is 1.75 bits per heavy atom. The van der Waals surface area contributed by atoms with E-state index >= 15 is 0 Å². The van der Waals surface area contributed by atoms with Crippen LogP contribution >= 0.6 is 0 Å². The monoisotopic (exact) mass is 131 g/mol. The topological polar surface area (TPSA) is 20.2 Å². The van der Waals surface area contributed by atoms with Crippen molar-refractivity contribution in [3.63, 3.8) is 0 Å². The molecule has 1 aliphatic rings. The lowest BCUT2D eigenvalue weighted by Crippen LogP contribution is -2.31. The van der Waals surface area contributed by atoms with Gasteiger partial charge in [0.05, 0.1) is 0 Å². The smallest absolute Gasteiger partial charge is 0.432 e. The van der Waals surface area contributed by atoms with E-state index in [2.05, 4.69) is 6.55 Å². The second-order valence-corrected chi connectivity index (χ2v) is 7.05. The molecule has 0 aromatic heterocycles. The highest BCUT2D eigenvalue weighted by atomic mass is 28.4. The fraction of sp³-hybridized carbons (Fsp3) is 1.00. The third-order valence-corrected chi connectivity index (χ3v) is 4.79. The van der Waals surface area contributed by atoms with Crippen LogP contribution < -0.4 is 0 Å². The van der Waals surface area contributed by atoms with E-state index in [0.29, 0.717) is 0 Å². The van der Waals surface area contributed by atoms with Crippen molar-refractivity contribution in [1.29, 1.82) is 0 Å². The Labute approximate surface area is 53.3 Å². The Morgan fingerprint density at radius 1 is 1.25 bits per heavy atom. The summed E-state index contributed by atoms with van der Waals surface area (Å²) in [5, 5.41) is 0. The van der Waals surface area contributed by atoms with Gasteiger partial charge in [0, 0.05) is 0 Å². The van der Waals surface area contributed by atoms with Gasteiger partial charge in [-0.05, 0) is 18.6 Å². The van der Waals surface area contributed by atoms with Crippen LogP contribution in [0.2, 0.25) is 18.6 Å². The fourth-order valence-electron chi connectivity index (χ4n) is 1.31. The average Bonchev–Trinajstić information content (AvgIpc) is 1.65. The minimum atomic E-state index is -1.59. The van der Waals surface area contributed by atoms with Gasteiger partial charge in [0.15, 0.2) is 8.32 Å². The third kappa shape index (κ3) is 1.60. The Hall–Kier alpha value is 0.177. The molecule has 0 spiro atoms. The maximum Gasteiger partial charge on any atom is 1.00 e.